The summed E-state index contributed by atoms with van der Waals surface area (Å²) in [7, 11) is -5.39. The predicted molar refractivity (Wildman–Crippen MR) is 293 cm³/mol. The Labute approximate surface area is 572 Å². The fourth-order valence-electron chi connectivity index (χ4n) is 21.8. The van der Waals surface area contributed by atoms with Crippen molar-refractivity contribution in [2.75, 3.05) is 19.8 Å². The average molecular weight is 1250 g/mol. The maximum absolute atomic E-state index is 12.4. The monoisotopic (exact) mass is 1250 g/mol. The molecule has 23 heteroatoms. The van der Waals surface area contributed by atoms with Crippen LogP contribution in [0.2, 0.25) is 0 Å². The Morgan fingerprint density at radius 1 is 0.442 bits per heavy atom. The van der Waals surface area contributed by atoms with Crippen LogP contribution >= 0.6 is 7.82 Å². The number of aliphatic hydroxyl groups is 9. The second-order valence-corrected chi connectivity index (χ2v) is 30.0. The first-order valence-electron chi connectivity index (χ1n) is 30.6. The minimum absolute atomic E-state index is 0. The molecule has 0 heterocycles. The zero-order valence-corrected chi connectivity index (χ0v) is 59.1. The Balaban J connectivity index is 0.000000195. The summed E-state index contributed by atoms with van der Waals surface area (Å²) in [5, 5.41) is 95.2. The van der Waals surface area contributed by atoms with E-state index >= 15 is 0 Å². The van der Waals surface area contributed by atoms with Gasteiger partial charge in [0.25, 0.3) is 0 Å². The van der Waals surface area contributed by atoms with Gasteiger partial charge in [-0.25, -0.2) is 0 Å². The topological polar surface area (TPSA) is 371 Å². The third kappa shape index (κ3) is 12.1. The van der Waals surface area contributed by atoms with Crippen molar-refractivity contribution in [2.45, 2.75) is 211 Å². The van der Waals surface area contributed by atoms with E-state index in [2.05, 4.69) is 20.8 Å². The van der Waals surface area contributed by atoms with E-state index < -0.39 is 96.4 Å². The van der Waals surface area contributed by atoms with Gasteiger partial charge in [0.2, 0.25) is 0 Å². The van der Waals surface area contributed by atoms with Crippen LogP contribution in [0.25, 0.3) is 0 Å². The van der Waals surface area contributed by atoms with Crippen molar-refractivity contribution >= 4 is 42.5 Å². The van der Waals surface area contributed by atoms with Gasteiger partial charge in [0.15, 0.2) is 34.7 Å². The summed E-state index contributed by atoms with van der Waals surface area (Å²) in [4.78, 5) is 98.4. The molecule has 0 bridgehead atoms. The van der Waals surface area contributed by atoms with Crippen LogP contribution in [0.5, 0.6) is 0 Å². The SMILES string of the molecule is C[C@]12CCC(=O)C=C1CCC1C2[C@H](O)C[C@@]2(C)C1CC[C@]2(O)C(=O)CO.C[C@]12CCC(=O)C=C1CCC1C2[C@H](O)C[C@@]2(C)C1CC[C@]2(O)C(=O)CO.C[C@]12CCC(=O)C=C1CC[C@@H]1C3CC[C@](O)(C(=O)CO)[C@@]3(C)C[C@@H](O)[C@H]12.O=P([O-])([O-])[O-].[Na+].[Na+].[Na+]. The molecule has 0 saturated heterocycles. The van der Waals surface area contributed by atoms with Crippen LogP contribution in [0.15, 0.2) is 34.9 Å². The standard InChI is InChI=1S/3C21H30O5.3Na.H3O4P/c3*1-19-7-5-13(23)9-12(19)3-4-14-15-6-8-21(26,17(25)11-22)20(15,2)10-16(24)18(14)19;;;;1-5(2,3)4/h3*9,14-16,18,22,24,26H,3-8,10-11H2,1-2H3;;;;(H3,1,2,3,4)/q;;;3*+1;/p-3/t2*14?,15?,16-,18?,19+,20+,21+;14-,15?,16-,18+,19+,20+,21+;;;;/m111..../s1. The third-order valence-corrected chi connectivity index (χ3v) is 26.0. The predicted octanol–water partition coefficient (Wildman–Crippen LogP) is -6.47. The quantitative estimate of drug-likeness (QED) is 0.0882. The minimum Gasteiger partial charge on any atom is -0.822 e. The number of carbonyl (C=O) groups excluding carboxylic acids is 6. The molecular weight excluding hydrogens is 1160 g/mol. The molecule has 19 nitrogen and oxygen atoms in total. The first-order chi connectivity index (χ1) is 38.5. The number of aliphatic hydroxyl groups excluding tert-OH is 6. The largest absolute Gasteiger partial charge is 1.00 e. The van der Waals surface area contributed by atoms with Crippen molar-refractivity contribution < 1.29 is 183 Å². The van der Waals surface area contributed by atoms with Gasteiger partial charge in [0.1, 0.15) is 36.6 Å². The number of rotatable bonds is 6. The van der Waals surface area contributed by atoms with E-state index in [1.807, 2.05) is 20.8 Å². The molecule has 0 amide bonds. The van der Waals surface area contributed by atoms with Crippen molar-refractivity contribution in [3.63, 3.8) is 0 Å². The van der Waals surface area contributed by atoms with Crippen LogP contribution in [0.4, 0.5) is 0 Å². The summed E-state index contributed by atoms with van der Waals surface area (Å²) >= 11 is 0. The van der Waals surface area contributed by atoms with Gasteiger partial charge in [-0.15, -0.1) is 0 Å². The molecule has 12 aliphatic rings. The second-order valence-electron chi connectivity index (χ2n) is 29.1. The van der Waals surface area contributed by atoms with Crippen molar-refractivity contribution in [1.29, 1.82) is 0 Å². The molecule has 21 atom stereocenters. The molecule has 464 valence electrons. The van der Waals surface area contributed by atoms with Gasteiger partial charge < -0.3 is 65.2 Å². The molecule has 7 unspecified atom stereocenters. The first-order valence-corrected chi connectivity index (χ1v) is 32.1. The fourth-order valence-corrected chi connectivity index (χ4v) is 21.8. The fraction of sp³-hybridized carbons (Fsp3) is 0.810. The zero-order chi connectivity index (χ0) is 61.2. The number of fused-ring (bicyclic) bond motifs is 15. The molecule has 0 radical (unpaired) electrons. The van der Waals surface area contributed by atoms with Crippen LogP contribution in [0.1, 0.15) is 176 Å². The number of carbonyl (C=O) groups is 6. The molecule has 12 aliphatic carbocycles. The van der Waals surface area contributed by atoms with E-state index in [0.717, 1.165) is 77.0 Å². The number of hydrogen-bond donors (Lipinski definition) is 9. The molecule has 0 spiro atoms. The van der Waals surface area contributed by atoms with Gasteiger partial charge in [-0.3, -0.25) is 28.8 Å². The average Bonchev–Trinajstić information content (AvgIpc) is 1.39. The minimum atomic E-state index is -5.39. The van der Waals surface area contributed by atoms with E-state index in [-0.39, 0.29) is 176 Å². The Hall–Kier alpha value is -0.0100. The summed E-state index contributed by atoms with van der Waals surface area (Å²) in [5.74, 6) is 0.420. The van der Waals surface area contributed by atoms with Gasteiger partial charge in [-0.05, 0) is 203 Å². The van der Waals surface area contributed by atoms with Crippen LogP contribution in [-0.4, -0.2) is 136 Å². The van der Waals surface area contributed by atoms with Gasteiger partial charge in [-0.2, -0.15) is 7.82 Å². The maximum atomic E-state index is 12.4. The van der Waals surface area contributed by atoms with Crippen molar-refractivity contribution in [2.24, 2.45) is 85.8 Å². The number of Topliss-reactive ketones (excluding diaryl/α,β-unsaturated/α-hetero) is 3. The van der Waals surface area contributed by atoms with Crippen LogP contribution in [0.3, 0.4) is 0 Å². The smallest absolute Gasteiger partial charge is 0.822 e. The van der Waals surface area contributed by atoms with Gasteiger partial charge in [0, 0.05) is 35.5 Å². The summed E-state index contributed by atoms with van der Waals surface area (Å²) in [6, 6.07) is 0. The molecule has 9 N–H and O–H groups in total. The van der Waals surface area contributed by atoms with Gasteiger partial charge >= 0.3 is 88.7 Å². The first kappa shape index (κ1) is 75.0. The van der Waals surface area contributed by atoms with Crippen molar-refractivity contribution in [3.05, 3.63) is 34.9 Å². The van der Waals surface area contributed by atoms with Gasteiger partial charge in [-0.1, -0.05) is 58.3 Å². The molecule has 0 aliphatic heterocycles. The van der Waals surface area contributed by atoms with E-state index in [1.54, 1.807) is 18.2 Å². The van der Waals surface area contributed by atoms with Crippen LogP contribution in [0, 0.1) is 85.8 Å². The molecule has 12 rings (SSSR count). The summed E-state index contributed by atoms with van der Waals surface area (Å²) < 4.78 is 8.55. The summed E-state index contributed by atoms with van der Waals surface area (Å²) in [5.41, 5.74) is -3.70. The Kier molecular flexibility index (Phi) is 23.2. The van der Waals surface area contributed by atoms with Crippen molar-refractivity contribution in [1.82, 2.24) is 0 Å². The number of hydrogen-bond acceptors (Lipinski definition) is 19. The molecule has 9 saturated carbocycles. The summed E-state index contributed by atoms with van der Waals surface area (Å²) in [6.45, 7) is 10.4. The molecular formula is C63H90Na3O19P. The van der Waals surface area contributed by atoms with Crippen LogP contribution < -0.4 is 103 Å². The Morgan fingerprint density at radius 2 is 0.663 bits per heavy atom. The third-order valence-electron chi connectivity index (χ3n) is 26.0. The second kappa shape index (κ2) is 26.7. The van der Waals surface area contributed by atoms with E-state index in [4.69, 9.17) is 19.2 Å². The molecule has 86 heavy (non-hydrogen) atoms. The van der Waals surface area contributed by atoms with E-state index in [1.165, 1.54) is 16.7 Å². The maximum Gasteiger partial charge on any atom is 1.00 e. The number of ketones is 6. The molecule has 0 aromatic rings. The van der Waals surface area contributed by atoms with Crippen molar-refractivity contribution in [3.8, 4) is 0 Å². The number of phosphoric acid groups is 1. The van der Waals surface area contributed by atoms with E-state index in [9.17, 15) is 74.7 Å². The van der Waals surface area contributed by atoms with Gasteiger partial charge in [0.05, 0.1) is 18.3 Å². The zero-order valence-electron chi connectivity index (χ0n) is 52.2. The Bertz CT molecular complexity index is 2520. The summed E-state index contributed by atoms with van der Waals surface area (Å²) in [6.07, 6.45) is 17.2. The Morgan fingerprint density at radius 3 is 0.872 bits per heavy atom. The number of allylic oxidation sites excluding steroid dienone is 3. The van der Waals surface area contributed by atoms with Crippen LogP contribution in [-0.2, 0) is 33.3 Å². The molecule has 0 aromatic heterocycles. The van der Waals surface area contributed by atoms with E-state index in [0.29, 0.717) is 57.8 Å². The molecule has 0 aromatic carbocycles. The molecule has 9 fully saturated rings. The normalized spacial score (nSPS) is 46.5.